The molecular weight excluding hydrogens is 430 g/mol. The number of thiophene rings is 1. The first-order valence-corrected chi connectivity index (χ1v) is 10.6. The number of amides is 1. The zero-order chi connectivity index (χ0) is 19.3. The highest BCUT2D eigenvalue weighted by atomic mass is 79.9. The fraction of sp³-hybridized carbons (Fsp3) is 0.444. The minimum absolute atomic E-state index is 0.219. The Morgan fingerprint density at radius 2 is 2.26 bits per heavy atom. The van der Waals surface area contributed by atoms with Crippen LogP contribution in [0.5, 0.6) is 0 Å². The average molecular weight is 450 g/mol. The first kappa shape index (κ1) is 18.4. The Morgan fingerprint density at radius 1 is 1.48 bits per heavy atom. The Balaban J connectivity index is 1.77. The van der Waals surface area contributed by atoms with Crippen LogP contribution in [0.3, 0.4) is 0 Å². The molecule has 4 rings (SSSR count). The van der Waals surface area contributed by atoms with Gasteiger partial charge >= 0.3 is 0 Å². The predicted octanol–water partition coefficient (Wildman–Crippen LogP) is 3.25. The van der Waals surface area contributed by atoms with Crippen LogP contribution in [0.25, 0.3) is 10.2 Å². The van der Waals surface area contributed by atoms with Gasteiger partial charge in [0.2, 0.25) is 0 Å². The molecule has 0 spiro atoms. The lowest BCUT2D eigenvalue weighted by Gasteiger charge is -2.17. The zero-order valence-corrected chi connectivity index (χ0v) is 17.8. The van der Waals surface area contributed by atoms with Gasteiger partial charge in [0, 0.05) is 17.6 Å². The predicted molar refractivity (Wildman–Crippen MR) is 109 cm³/mol. The topological polar surface area (TPSA) is 81.8 Å². The summed E-state index contributed by atoms with van der Waals surface area (Å²) in [6.45, 7) is 6.55. The van der Waals surface area contributed by atoms with Crippen molar-refractivity contribution in [2.24, 2.45) is 5.92 Å². The van der Waals surface area contributed by atoms with Crippen LogP contribution in [-0.2, 0) is 19.4 Å². The van der Waals surface area contributed by atoms with Gasteiger partial charge in [0.05, 0.1) is 9.86 Å². The van der Waals surface area contributed by atoms with Crippen molar-refractivity contribution in [3.8, 4) is 0 Å². The minimum Gasteiger partial charge on any atom is -0.271 e. The Kier molecular flexibility index (Phi) is 4.67. The number of halogens is 1. The molecule has 7 nitrogen and oxygen atoms in total. The van der Waals surface area contributed by atoms with E-state index in [4.69, 9.17) is 0 Å². The van der Waals surface area contributed by atoms with Crippen molar-refractivity contribution >= 4 is 43.4 Å². The number of aryl methyl sites for hydroxylation is 3. The van der Waals surface area contributed by atoms with Crippen LogP contribution >= 0.6 is 27.3 Å². The van der Waals surface area contributed by atoms with Crippen LogP contribution in [0.4, 0.5) is 0 Å². The maximum Gasteiger partial charge on any atom is 0.291 e. The number of hydrogen-bond acceptors (Lipinski definition) is 5. The molecule has 1 aliphatic rings. The van der Waals surface area contributed by atoms with Crippen LogP contribution in [0.1, 0.15) is 47.0 Å². The highest BCUT2D eigenvalue weighted by molar-refractivity contribution is 9.10. The third-order valence-electron chi connectivity index (χ3n) is 4.97. The third-order valence-corrected chi connectivity index (χ3v) is 6.70. The fourth-order valence-electron chi connectivity index (χ4n) is 3.49. The molecule has 0 unspecified atom stereocenters. The number of hydrogen-bond donors (Lipinski definition) is 1. The van der Waals surface area contributed by atoms with Crippen molar-refractivity contribution in [3.05, 3.63) is 43.0 Å². The van der Waals surface area contributed by atoms with Gasteiger partial charge in [-0.3, -0.25) is 19.7 Å². The molecule has 142 valence electrons. The number of carbonyl (C=O) groups is 1. The van der Waals surface area contributed by atoms with Gasteiger partial charge in [-0.15, -0.1) is 11.3 Å². The summed E-state index contributed by atoms with van der Waals surface area (Å²) in [6.07, 6.45) is 4.68. The summed E-state index contributed by atoms with van der Waals surface area (Å²) in [6, 6.07) is 0. The van der Waals surface area contributed by atoms with E-state index in [-0.39, 0.29) is 11.3 Å². The lowest BCUT2D eigenvalue weighted by Crippen LogP contribution is -2.36. The van der Waals surface area contributed by atoms with E-state index in [2.05, 4.69) is 38.4 Å². The van der Waals surface area contributed by atoms with Gasteiger partial charge in [0.1, 0.15) is 10.7 Å². The summed E-state index contributed by atoms with van der Waals surface area (Å²) in [5.41, 5.74) is 3.80. The molecule has 0 radical (unpaired) electrons. The second-order valence-corrected chi connectivity index (χ2v) is 8.89. The number of aromatic nitrogens is 4. The molecule has 1 atom stereocenters. The maximum atomic E-state index is 13.2. The van der Waals surface area contributed by atoms with Gasteiger partial charge in [-0.05, 0) is 60.5 Å². The van der Waals surface area contributed by atoms with Crippen molar-refractivity contribution in [1.29, 1.82) is 0 Å². The van der Waals surface area contributed by atoms with E-state index in [0.29, 0.717) is 28.1 Å². The van der Waals surface area contributed by atoms with E-state index in [1.54, 1.807) is 29.1 Å². The maximum absolute atomic E-state index is 13.2. The fourth-order valence-corrected chi connectivity index (χ4v) is 5.41. The van der Waals surface area contributed by atoms with Gasteiger partial charge < -0.3 is 0 Å². The normalized spacial score (nSPS) is 16.5. The van der Waals surface area contributed by atoms with E-state index < -0.39 is 5.91 Å². The first-order chi connectivity index (χ1) is 12.9. The molecule has 0 aromatic carbocycles. The van der Waals surface area contributed by atoms with E-state index in [0.717, 1.165) is 29.7 Å². The molecule has 0 fully saturated rings. The highest BCUT2D eigenvalue weighted by Crippen LogP contribution is 2.35. The van der Waals surface area contributed by atoms with Crippen LogP contribution in [0.2, 0.25) is 0 Å². The molecule has 1 aliphatic carbocycles. The molecule has 1 N–H and O–H groups in total. The lowest BCUT2D eigenvalue weighted by atomic mass is 9.89. The van der Waals surface area contributed by atoms with Gasteiger partial charge in [-0.2, -0.15) is 5.10 Å². The standard InChI is InChI=1S/C18H20BrN5O2S/c1-4-23-8-12(19)15(21-23)16(25)22-24-10(3)20-17-14(18(24)26)11-6-5-9(2)7-13(11)27-17/h8-9H,4-7H2,1-3H3,(H,22,25)/t9-/m0/s1. The van der Waals surface area contributed by atoms with Gasteiger partial charge in [0.25, 0.3) is 11.5 Å². The number of fused-ring (bicyclic) bond motifs is 3. The molecule has 0 aliphatic heterocycles. The Labute approximate surface area is 168 Å². The average Bonchev–Trinajstić information content (AvgIpc) is 3.17. The van der Waals surface area contributed by atoms with Crippen LogP contribution in [-0.4, -0.2) is 25.3 Å². The summed E-state index contributed by atoms with van der Waals surface area (Å²) >= 11 is 4.96. The first-order valence-electron chi connectivity index (χ1n) is 8.97. The molecular formula is C18H20BrN5O2S. The molecule has 3 heterocycles. The summed E-state index contributed by atoms with van der Waals surface area (Å²) in [7, 11) is 0. The monoisotopic (exact) mass is 449 g/mol. The molecule has 3 aromatic heterocycles. The van der Waals surface area contributed by atoms with Gasteiger partial charge in [-0.25, -0.2) is 9.66 Å². The molecule has 0 saturated carbocycles. The summed E-state index contributed by atoms with van der Waals surface area (Å²) in [4.78, 5) is 32.4. The van der Waals surface area contributed by atoms with Crippen molar-refractivity contribution in [1.82, 2.24) is 19.4 Å². The van der Waals surface area contributed by atoms with E-state index in [9.17, 15) is 9.59 Å². The van der Waals surface area contributed by atoms with E-state index in [1.807, 2.05) is 6.92 Å². The summed E-state index contributed by atoms with van der Waals surface area (Å²) in [5.74, 6) is 0.635. The molecule has 27 heavy (non-hydrogen) atoms. The van der Waals surface area contributed by atoms with Gasteiger partial charge in [-0.1, -0.05) is 6.92 Å². The third kappa shape index (κ3) is 3.12. The molecule has 0 saturated heterocycles. The number of nitrogens with one attached hydrogen (secondary N) is 1. The van der Waals surface area contributed by atoms with Crippen LogP contribution < -0.4 is 11.0 Å². The molecule has 3 aromatic rings. The van der Waals surface area contributed by atoms with Crippen molar-refractivity contribution in [3.63, 3.8) is 0 Å². The van der Waals surface area contributed by atoms with E-state index in [1.165, 1.54) is 9.55 Å². The molecule has 0 bridgehead atoms. The number of carbonyl (C=O) groups excluding carboxylic acids is 1. The Hall–Kier alpha value is -2.00. The number of nitrogens with zero attached hydrogens (tertiary/aromatic N) is 4. The Bertz CT molecular complexity index is 1110. The highest BCUT2D eigenvalue weighted by Gasteiger charge is 2.25. The smallest absolute Gasteiger partial charge is 0.271 e. The lowest BCUT2D eigenvalue weighted by molar-refractivity contribution is 0.1000. The SMILES string of the molecule is CCn1cc(Br)c(C(=O)Nn2c(C)nc3sc4c(c3c2=O)CC[C@H](C)C4)n1. The Morgan fingerprint density at radius 3 is 2.96 bits per heavy atom. The molecule has 9 heteroatoms. The van der Waals surface area contributed by atoms with E-state index >= 15 is 0 Å². The minimum atomic E-state index is -0.446. The summed E-state index contributed by atoms with van der Waals surface area (Å²) in [5, 5.41) is 4.88. The quantitative estimate of drug-likeness (QED) is 0.664. The van der Waals surface area contributed by atoms with Crippen molar-refractivity contribution < 1.29 is 4.79 Å². The van der Waals surface area contributed by atoms with Crippen LogP contribution in [0.15, 0.2) is 15.5 Å². The largest absolute Gasteiger partial charge is 0.291 e. The van der Waals surface area contributed by atoms with Crippen LogP contribution in [0, 0.1) is 12.8 Å². The zero-order valence-electron chi connectivity index (χ0n) is 15.4. The summed E-state index contributed by atoms with van der Waals surface area (Å²) < 4.78 is 3.49. The van der Waals surface area contributed by atoms with Gasteiger partial charge in [0.15, 0.2) is 5.69 Å². The number of rotatable bonds is 3. The second-order valence-electron chi connectivity index (χ2n) is 6.95. The molecule has 1 amide bonds. The van der Waals surface area contributed by atoms with Crippen molar-refractivity contribution in [2.75, 3.05) is 5.43 Å². The second kappa shape index (κ2) is 6.87. The van der Waals surface area contributed by atoms with Crippen molar-refractivity contribution in [2.45, 2.75) is 46.6 Å².